The fraction of sp³-hybridized carbons (Fsp3) is 0.805. The second kappa shape index (κ2) is 52.9. The Bertz CT molecular complexity index is 3560. The first kappa shape index (κ1) is 111. The van der Waals surface area contributed by atoms with E-state index in [0.29, 0.717) is 121 Å². The third kappa shape index (κ3) is 47.9. The Morgan fingerprint density at radius 2 is 0.569 bits per heavy atom. The number of carboxylic acids is 5. The van der Waals surface area contributed by atoms with E-state index < -0.39 is 204 Å². The minimum atomic E-state index is -2.46. The normalized spacial score (nSPS) is 17.5. The average Bonchev–Trinajstić information content (AvgIpc) is 1.44. The number of carbonyl (C=O) groups is 16. The van der Waals surface area contributed by atoms with E-state index in [1.54, 1.807) is 0 Å². The van der Waals surface area contributed by atoms with E-state index in [1.807, 2.05) is 39.3 Å². The van der Waals surface area contributed by atoms with Gasteiger partial charge >= 0.3 is 65.7 Å². The first-order valence-corrected chi connectivity index (χ1v) is 69.4. The highest BCUT2D eigenvalue weighted by molar-refractivity contribution is 6.86. The van der Waals surface area contributed by atoms with Crippen LogP contribution >= 0.6 is 0 Å². The lowest BCUT2D eigenvalue weighted by atomic mass is 9.99. The quantitative estimate of drug-likeness (QED) is 0.00898. The Hall–Kier alpha value is -6.30. The number of hydrogen-bond acceptors (Lipinski definition) is 23. The lowest BCUT2D eigenvalue weighted by molar-refractivity contribution is -0.155. The predicted octanol–water partition coefficient (Wildman–Crippen LogP) is 12.5. The van der Waals surface area contributed by atoms with Crippen LogP contribution < -0.4 is 21.3 Å². The summed E-state index contributed by atoms with van der Waals surface area (Å²) in [5, 5.41) is 62.0. The maximum Gasteiger partial charge on any atom is 0.317 e. The van der Waals surface area contributed by atoms with Crippen LogP contribution in [0.3, 0.4) is 0 Å². The van der Waals surface area contributed by atoms with Gasteiger partial charge in [0.2, 0.25) is 29.5 Å². The topological polar surface area (TPSA) is 490 Å². The van der Waals surface area contributed by atoms with Crippen molar-refractivity contribution in [1.82, 2.24) is 26.2 Å². The number of carboxylic acid groups (broad SMARTS) is 5. The molecule has 3 heterocycles. The molecule has 3 aliphatic heterocycles. The summed E-state index contributed by atoms with van der Waals surface area (Å²) in [6, 6.07) is 5.44. The second-order valence-corrected chi connectivity index (χ2v) is 74.5. The minimum absolute atomic E-state index is 0.0680. The molecule has 5 amide bonds. The monoisotopic (exact) mass is 1880 g/mol. The summed E-state index contributed by atoms with van der Waals surface area (Å²) >= 11 is 0. The van der Waals surface area contributed by atoms with Crippen molar-refractivity contribution < 1.29 is 133 Å². The van der Waals surface area contributed by atoms with Crippen LogP contribution in [0.5, 0.6) is 0 Å². The van der Waals surface area contributed by atoms with Gasteiger partial charge < -0.3 is 82.4 Å². The number of nitrogens with zero attached hydrogens (tertiary/aromatic N) is 1. The fourth-order valence-electron chi connectivity index (χ4n) is 17.0. The van der Waals surface area contributed by atoms with Crippen LogP contribution in [0, 0.1) is 47.3 Å². The first-order chi connectivity index (χ1) is 57.0. The van der Waals surface area contributed by atoms with Crippen molar-refractivity contribution in [3.05, 3.63) is 0 Å². The maximum atomic E-state index is 14.3. The number of hydrogen-bond donors (Lipinski definition) is 9. The summed E-state index contributed by atoms with van der Waals surface area (Å²) < 4.78 is 41.1. The molecule has 3 aliphatic rings. The molecule has 0 aliphatic carbocycles. The van der Waals surface area contributed by atoms with Crippen molar-refractivity contribution in [2.75, 3.05) is 39.3 Å². The van der Waals surface area contributed by atoms with Crippen molar-refractivity contribution in [3.63, 3.8) is 0 Å². The first-order valence-electron chi connectivity index (χ1n) is 44.5. The van der Waals surface area contributed by atoms with Crippen molar-refractivity contribution in [3.8, 4) is 0 Å². The standard InChI is InChI=1S/C82H149N5O28Si8/c1-116(2,112-121(11,12)48-26-34-64-56-72(94)109-80(64)106)43-21-29-59(55-71(92)93)75(97)86-38-20-18-17-19-37-83-67(88)51-60(76(98)99)30-22-44-117(3,4)113-118(5,6)45-23-31-61(77(100)101)52-68(89)84-39-41-87(70(91)54-63(79(104)105)33-25-47-120(9,10)115-123(15,16)50-28-36-66-58-74(96)111-82(66)108)42-40-85-69(90)53-62(78(102)103)32-24-46-119(7,8)114-122(13,14)49-27-35-65-57-73(95)110-81(65)107/h59-66H,17-58H2,1-16H3,(H,83,88)(H,84,89)(H,85,90)(H,86,97)(H,92,93)(H,98,99)(H,100,101)(H,102,103)(H,104,105). The summed E-state index contributed by atoms with van der Waals surface area (Å²) in [6.07, 6.45) is 8.64. The molecule has 3 saturated heterocycles. The van der Waals surface area contributed by atoms with Crippen LogP contribution in [0.1, 0.15) is 180 Å². The second-order valence-electron chi connectivity index (χ2n) is 39.1. The molecule has 0 aromatic heterocycles. The summed E-state index contributed by atoms with van der Waals surface area (Å²) in [4.78, 5) is 202. The number of nitrogens with one attached hydrogen (secondary N) is 4. The molecule has 0 spiro atoms. The summed E-state index contributed by atoms with van der Waals surface area (Å²) in [5.74, 6) is -17.3. The van der Waals surface area contributed by atoms with E-state index in [2.05, 4.69) is 96.2 Å². The molecule has 702 valence electrons. The number of cyclic esters (lactones) is 6. The van der Waals surface area contributed by atoms with Gasteiger partial charge in [-0.05, 0) is 217 Å². The molecule has 0 saturated carbocycles. The number of unbranched alkanes of at least 4 members (excludes halogenated alkanes) is 3. The number of ether oxygens (including phenoxy) is 3. The molecule has 9 N–H and O–H groups in total. The molecule has 3 fully saturated rings. The number of carbonyl (C=O) groups excluding carboxylic acids is 11. The largest absolute Gasteiger partial charge is 0.481 e. The van der Waals surface area contributed by atoms with Crippen molar-refractivity contribution in [2.24, 2.45) is 47.3 Å². The van der Waals surface area contributed by atoms with Crippen LogP contribution in [0.4, 0.5) is 0 Å². The van der Waals surface area contributed by atoms with Crippen LogP contribution in [0.2, 0.25) is 153 Å². The minimum Gasteiger partial charge on any atom is -0.481 e. The maximum absolute atomic E-state index is 14.3. The average molecular weight is 1880 g/mol. The van der Waals surface area contributed by atoms with Crippen LogP contribution in [-0.4, -0.2) is 231 Å². The van der Waals surface area contributed by atoms with Crippen LogP contribution in [-0.2, 0) is 107 Å². The van der Waals surface area contributed by atoms with Gasteiger partial charge in [-0.15, -0.1) is 0 Å². The summed E-state index contributed by atoms with van der Waals surface area (Å²) in [6.45, 7) is 33.3. The lowest BCUT2D eigenvalue weighted by Crippen LogP contribution is -2.44. The van der Waals surface area contributed by atoms with E-state index >= 15 is 0 Å². The number of rotatable bonds is 68. The Balaban J connectivity index is 1.50. The van der Waals surface area contributed by atoms with Crippen molar-refractivity contribution >= 4 is 162 Å². The van der Waals surface area contributed by atoms with Gasteiger partial charge in [0.05, 0.1) is 67.1 Å². The van der Waals surface area contributed by atoms with Gasteiger partial charge in [0.25, 0.3) is 0 Å². The highest BCUT2D eigenvalue weighted by Gasteiger charge is 2.42. The molecular weight excluding hydrogens is 1730 g/mol. The van der Waals surface area contributed by atoms with Crippen molar-refractivity contribution in [2.45, 2.75) is 333 Å². The SMILES string of the molecule is C[Si](C)(CCCC(CC(=O)NCCCCCCNC(=O)C(CCC[Si](C)(C)O[Si](C)(C)CCCC1CC(=O)OC1=O)CC(=O)O)C(=O)O)O[Si](C)(C)CCCC(CC(=O)NCCN(CCNC(=O)CC(CCC[Si](C)(C)O[Si](C)(C)CCCC1CC(=O)OC1=O)C(=O)O)C(=O)CC(CCC[Si](C)(C)O[Si](C)(C)CCCC1CC(=O)OC1=O)C(=O)O)C(=O)O. The molecule has 3 rings (SSSR count). The Morgan fingerprint density at radius 1 is 0.325 bits per heavy atom. The third-order valence-electron chi connectivity index (χ3n) is 23.1. The molecule has 123 heavy (non-hydrogen) atoms. The Morgan fingerprint density at radius 3 is 0.821 bits per heavy atom. The van der Waals surface area contributed by atoms with E-state index in [-0.39, 0.29) is 109 Å². The lowest BCUT2D eigenvalue weighted by Gasteiger charge is -2.34. The van der Waals surface area contributed by atoms with Gasteiger partial charge in [-0.3, -0.25) is 76.7 Å². The summed E-state index contributed by atoms with van der Waals surface area (Å²) in [5.41, 5.74) is 0. The molecule has 0 aromatic carbocycles. The van der Waals surface area contributed by atoms with E-state index in [9.17, 15) is 102 Å². The molecular formula is C82H149N5O28Si8. The highest BCUT2D eigenvalue weighted by Crippen LogP contribution is 2.35. The van der Waals surface area contributed by atoms with Gasteiger partial charge in [0, 0.05) is 70.9 Å². The molecule has 41 heteroatoms. The Labute approximate surface area is 736 Å². The molecule has 8 atom stereocenters. The fourth-order valence-corrected chi connectivity index (χ4v) is 52.7. The van der Waals surface area contributed by atoms with Gasteiger partial charge in [0.1, 0.15) is 0 Å². The number of amides is 5. The van der Waals surface area contributed by atoms with Crippen molar-refractivity contribution in [1.29, 1.82) is 0 Å². The zero-order valence-corrected chi connectivity index (χ0v) is 84.4. The van der Waals surface area contributed by atoms with Gasteiger partial charge in [0.15, 0.2) is 66.5 Å². The van der Waals surface area contributed by atoms with E-state index in [0.717, 1.165) is 43.4 Å². The number of esters is 6. The molecule has 0 aromatic rings. The Kier molecular flexibility index (Phi) is 47.6. The number of aliphatic carboxylic acids is 5. The molecule has 33 nitrogen and oxygen atoms in total. The predicted molar refractivity (Wildman–Crippen MR) is 480 cm³/mol. The summed E-state index contributed by atoms with van der Waals surface area (Å²) in [7, 11) is -18.4. The van der Waals surface area contributed by atoms with Gasteiger partial charge in [-0.25, -0.2) is 0 Å². The molecule has 0 bridgehead atoms. The molecule has 8 unspecified atom stereocenters. The van der Waals surface area contributed by atoms with E-state index in [4.69, 9.17) is 21.2 Å². The van der Waals surface area contributed by atoms with Crippen LogP contribution in [0.25, 0.3) is 0 Å². The third-order valence-corrected chi connectivity index (χ3v) is 53.3. The highest BCUT2D eigenvalue weighted by atomic mass is 28.4. The van der Waals surface area contributed by atoms with Crippen LogP contribution in [0.15, 0.2) is 0 Å². The van der Waals surface area contributed by atoms with Gasteiger partial charge in [-0.2, -0.15) is 0 Å². The zero-order valence-electron chi connectivity index (χ0n) is 76.4. The molecule has 0 radical (unpaired) electrons. The smallest absolute Gasteiger partial charge is 0.317 e. The zero-order chi connectivity index (χ0) is 92.9. The van der Waals surface area contributed by atoms with E-state index in [1.165, 1.54) is 4.90 Å². The van der Waals surface area contributed by atoms with Gasteiger partial charge in [-0.1, -0.05) is 64.2 Å².